The van der Waals surface area contributed by atoms with E-state index in [2.05, 4.69) is 13.8 Å². The fraction of sp³-hybridized carbons (Fsp3) is 0.985. The molecule has 4 saturated carbocycles. The highest BCUT2D eigenvalue weighted by Gasteiger charge is 2.72. The van der Waals surface area contributed by atoms with Gasteiger partial charge in [0.15, 0.2) is 49.8 Å². The van der Waals surface area contributed by atoms with Crippen molar-refractivity contribution in [2.75, 3.05) is 39.6 Å². The Balaban J connectivity index is 0.629. The van der Waals surface area contributed by atoms with Crippen LogP contribution in [-0.4, -0.2) is 379 Å². The van der Waals surface area contributed by atoms with Gasteiger partial charge in [-0.1, -0.05) is 27.7 Å². The standard InChI is InChI=1S/C68H112O37/c1-22(20-91-59-48(84)43(79)40(76)33(16-69)96-59)9-12-68(90)23(2)38-32(105-68)14-30-28-8-7-26-13-27(10-11-66(26,5)29(28)15-37(74)67(30,38)6)95-63-51(87)46(82)56(35(18-71)98-63)102-64-52(88)47(83)57(36(19-72)99-64)103-65-58(44(80)41(77)34(17-70)97-65)104-60-53(89)55(31(73)21-92-60)101-62-50(86)45(81)54(25(4)94-62)100-61-49(85)42(78)39(75)24(3)93-61/h22-36,38-65,69-73,75-90H,7-21H2,1-6H3/t22-,23-,24+,25+,26-,27+,28-,29-,30+,31+,32-,33+,34+,35+,36+,38-,39+,40+,41+,42-,43-,44-,45+,46+,47+,48+,49+,50+,51+,52+,53+,54+,55-,56+,57+,58+,59+,60-,61-,62-,63+,64-,65-,66+,67+,68-/m1/s1. The Morgan fingerprint density at radius 3 is 1.58 bits per heavy atom. The number of fused-ring (bicyclic) bond motifs is 7. The molecule has 0 bridgehead atoms. The summed E-state index contributed by atoms with van der Waals surface area (Å²) in [7, 11) is 0. The first kappa shape index (κ1) is 82.7. The lowest BCUT2D eigenvalue weighted by molar-refractivity contribution is -0.397. The van der Waals surface area contributed by atoms with E-state index >= 15 is 0 Å². The highest BCUT2D eigenvalue weighted by molar-refractivity contribution is 5.87. The molecular weight excluding hydrogens is 1410 g/mol. The molecule has 0 spiro atoms. The topological polar surface area (TPSA) is 580 Å². The Labute approximate surface area is 605 Å². The molecule has 37 heteroatoms. The van der Waals surface area contributed by atoms with Crippen molar-refractivity contribution >= 4 is 5.78 Å². The van der Waals surface area contributed by atoms with Gasteiger partial charge >= 0.3 is 0 Å². The second-order valence-electron chi connectivity index (χ2n) is 32.1. The minimum Gasteiger partial charge on any atom is -0.394 e. The Kier molecular flexibility index (Phi) is 26.0. The SMILES string of the molecule is C[C@H](CC[C@@]1(O)O[C@@H]2C[C@H]3[C@@H]4CC[C@@H]5C[C@@H](O[C@H]6O[C@@H](CO)[C@H](O[C@H]7O[C@@H](CO)[C@H](O[C@H]8O[C@@H](CO)[C@H](O)[C@@H](O)[C@@H]8O[C@H]8OC[C@H](O)[C@@H](O[C@H]9O[C@@H](C)[C@H](O[C@H]%10O[C@@H](C)[C@H](O)[C@@H](O)[C@@H]%10O)[C@@H](O)[C@@H]9O)[C@@H]8O)[C@@H](O)[C@@H]7O)[C@@H](O)[C@@H]6O)CC[C@]5(C)[C@@H]4CC(=O)[C@@]3(C)[C@@H]2[C@H]1C)CO[C@H]1O[C@@H](CO)[C@H](O)[C@@H](O)[C@@H]1O. The molecule has 606 valence electrons. The van der Waals surface area contributed by atoms with Crippen molar-refractivity contribution in [3.8, 4) is 0 Å². The van der Waals surface area contributed by atoms with Gasteiger partial charge in [-0.3, -0.25) is 4.79 Å². The third-order valence-electron chi connectivity index (χ3n) is 25.8. The second-order valence-corrected chi connectivity index (χ2v) is 32.1. The van der Waals surface area contributed by atoms with E-state index in [1.807, 2.05) is 13.8 Å². The molecule has 12 aliphatic rings. The van der Waals surface area contributed by atoms with Crippen LogP contribution in [0, 0.1) is 52.3 Å². The Hall–Kier alpha value is -1.77. The van der Waals surface area contributed by atoms with Crippen molar-refractivity contribution in [2.45, 2.75) is 326 Å². The minimum absolute atomic E-state index is 0.00624. The van der Waals surface area contributed by atoms with Crippen LogP contribution in [0.3, 0.4) is 0 Å². The van der Waals surface area contributed by atoms with E-state index < -0.39 is 265 Å². The lowest BCUT2D eigenvalue weighted by Gasteiger charge is -2.60. The molecule has 0 aromatic rings. The molecule has 0 radical (unpaired) electrons. The van der Waals surface area contributed by atoms with E-state index in [0.717, 1.165) is 12.8 Å². The fourth-order valence-electron chi connectivity index (χ4n) is 19.4. The normalized spacial score (nSPS) is 55.6. The average Bonchev–Trinajstić information content (AvgIpc) is 1.57. The first-order valence-electron chi connectivity index (χ1n) is 37.0. The van der Waals surface area contributed by atoms with Crippen molar-refractivity contribution in [3.63, 3.8) is 0 Å². The van der Waals surface area contributed by atoms with Crippen LogP contribution in [0.5, 0.6) is 0 Å². The molecule has 0 aromatic carbocycles. The predicted octanol–water partition coefficient (Wildman–Crippen LogP) is -8.61. The third kappa shape index (κ3) is 15.4. The first-order chi connectivity index (χ1) is 49.6. The summed E-state index contributed by atoms with van der Waals surface area (Å²) in [4.78, 5) is 14.9. The lowest BCUT2D eigenvalue weighted by atomic mass is 9.44. The summed E-state index contributed by atoms with van der Waals surface area (Å²) in [6.07, 6.45) is -54.2. The molecule has 8 heterocycles. The van der Waals surface area contributed by atoms with E-state index in [-0.39, 0.29) is 65.8 Å². The summed E-state index contributed by atoms with van der Waals surface area (Å²) in [5.74, 6) is -1.86. The molecule has 21 N–H and O–H groups in total. The smallest absolute Gasteiger partial charge is 0.187 e. The molecule has 0 aromatic heterocycles. The summed E-state index contributed by atoms with van der Waals surface area (Å²) in [5, 5.41) is 230. The molecule has 4 aliphatic carbocycles. The maximum absolute atomic E-state index is 14.9. The maximum atomic E-state index is 14.9. The van der Waals surface area contributed by atoms with Crippen molar-refractivity contribution in [1.82, 2.24) is 0 Å². The van der Waals surface area contributed by atoms with Gasteiger partial charge in [-0.2, -0.15) is 0 Å². The highest BCUT2D eigenvalue weighted by Crippen LogP contribution is 2.70. The van der Waals surface area contributed by atoms with Crippen molar-refractivity contribution in [3.05, 3.63) is 0 Å². The molecule has 37 nitrogen and oxygen atoms in total. The van der Waals surface area contributed by atoms with E-state index in [1.54, 1.807) is 0 Å². The summed E-state index contributed by atoms with van der Waals surface area (Å²) in [5.41, 5.74) is -1.03. The van der Waals surface area contributed by atoms with Gasteiger partial charge in [0.2, 0.25) is 0 Å². The number of Topliss-reactive ketones (excluding diaryl/α,β-unsaturated/α-hetero) is 1. The summed E-state index contributed by atoms with van der Waals surface area (Å²) >= 11 is 0. The summed E-state index contributed by atoms with van der Waals surface area (Å²) < 4.78 is 88.5. The zero-order chi connectivity index (χ0) is 76.1. The van der Waals surface area contributed by atoms with E-state index in [0.29, 0.717) is 38.5 Å². The number of ether oxygens (including phenoxy) is 15. The number of aliphatic hydroxyl groups is 21. The zero-order valence-corrected chi connectivity index (χ0v) is 59.4. The van der Waals surface area contributed by atoms with Gasteiger partial charge in [0.25, 0.3) is 0 Å². The number of carbonyl (C=O) groups excluding carboxylic acids is 1. The van der Waals surface area contributed by atoms with Crippen LogP contribution in [-0.2, 0) is 75.8 Å². The van der Waals surface area contributed by atoms with Crippen LogP contribution in [0.2, 0.25) is 0 Å². The molecule has 105 heavy (non-hydrogen) atoms. The number of ketones is 1. The van der Waals surface area contributed by atoms with Crippen molar-refractivity contribution in [2.24, 2.45) is 52.3 Å². The fourth-order valence-corrected chi connectivity index (χ4v) is 19.4. The van der Waals surface area contributed by atoms with Crippen LogP contribution < -0.4 is 0 Å². The molecule has 0 unspecified atom stereocenters. The predicted molar refractivity (Wildman–Crippen MR) is 341 cm³/mol. The average molecular weight is 1520 g/mol. The highest BCUT2D eigenvalue weighted by atomic mass is 16.8. The van der Waals surface area contributed by atoms with Gasteiger partial charge in [0, 0.05) is 30.1 Å². The van der Waals surface area contributed by atoms with Gasteiger partial charge in [0.1, 0.15) is 158 Å². The zero-order valence-electron chi connectivity index (χ0n) is 59.4. The summed E-state index contributed by atoms with van der Waals surface area (Å²) in [6.45, 7) is 6.92. The Morgan fingerprint density at radius 2 is 0.962 bits per heavy atom. The van der Waals surface area contributed by atoms with Crippen molar-refractivity contribution in [1.29, 1.82) is 0 Å². The number of aliphatic hydroxyl groups excluding tert-OH is 20. The number of carbonyl (C=O) groups is 1. The van der Waals surface area contributed by atoms with Gasteiger partial charge in [-0.15, -0.1) is 0 Å². The molecule has 8 saturated heterocycles. The van der Waals surface area contributed by atoms with Crippen LogP contribution in [0.4, 0.5) is 0 Å². The van der Waals surface area contributed by atoms with E-state index in [1.165, 1.54) is 13.8 Å². The number of rotatable bonds is 22. The van der Waals surface area contributed by atoms with Crippen LogP contribution in [0.25, 0.3) is 0 Å². The molecule has 12 fully saturated rings. The largest absolute Gasteiger partial charge is 0.394 e. The van der Waals surface area contributed by atoms with Crippen LogP contribution in [0.15, 0.2) is 0 Å². The van der Waals surface area contributed by atoms with Gasteiger partial charge < -0.3 is 178 Å². The van der Waals surface area contributed by atoms with Crippen LogP contribution >= 0.6 is 0 Å². The molecule has 12 rings (SSSR count). The second kappa shape index (κ2) is 33.0. The van der Waals surface area contributed by atoms with Gasteiger partial charge in [-0.05, 0) is 93.8 Å². The molecule has 46 atom stereocenters. The first-order valence-corrected chi connectivity index (χ1v) is 37.0. The minimum atomic E-state index is -2.15. The van der Waals surface area contributed by atoms with Crippen molar-refractivity contribution < 1.29 is 183 Å². The Morgan fingerprint density at radius 1 is 0.476 bits per heavy atom. The quantitative estimate of drug-likeness (QED) is 0.0448. The Bertz CT molecular complexity index is 2840. The molecule has 8 aliphatic heterocycles. The summed E-state index contributed by atoms with van der Waals surface area (Å²) in [6, 6.07) is 0. The van der Waals surface area contributed by atoms with E-state index in [9.17, 15) is 112 Å². The molecular formula is C68H112O37. The van der Waals surface area contributed by atoms with E-state index in [4.69, 9.17) is 71.1 Å². The maximum Gasteiger partial charge on any atom is 0.187 e. The number of hydrogen-bond acceptors (Lipinski definition) is 37. The molecule has 0 amide bonds. The number of hydrogen-bond donors (Lipinski definition) is 21. The van der Waals surface area contributed by atoms with Gasteiger partial charge in [0.05, 0.1) is 64.1 Å². The van der Waals surface area contributed by atoms with Gasteiger partial charge in [-0.25, -0.2) is 0 Å². The van der Waals surface area contributed by atoms with Crippen LogP contribution in [0.1, 0.15) is 99.3 Å². The monoisotopic (exact) mass is 1520 g/mol. The third-order valence-corrected chi connectivity index (χ3v) is 25.8. The lowest BCUT2D eigenvalue weighted by Crippen LogP contribution is -2.67.